The Morgan fingerprint density at radius 2 is 2.22 bits per heavy atom. The molecular formula is C11H14BrClN4S. The minimum atomic E-state index is -0.154. The molecule has 0 fully saturated rings. The van der Waals surface area contributed by atoms with Crippen LogP contribution in [0, 0.1) is 0 Å². The summed E-state index contributed by atoms with van der Waals surface area (Å²) in [5, 5.41) is 4.92. The van der Waals surface area contributed by atoms with Crippen LogP contribution >= 0.6 is 38.9 Å². The topological polar surface area (TPSA) is 55.9 Å². The van der Waals surface area contributed by atoms with Gasteiger partial charge in [-0.25, -0.2) is 5.43 Å². The maximum absolute atomic E-state index is 6.23. The lowest BCUT2D eigenvalue weighted by molar-refractivity contribution is 0.478. The highest BCUT2D eigenvalue weighted by molar-refractivity contribution is 9.11. The Labute approximate surface area is 123 Å². The molecule has 1 atom stereocenters. The van der Waals surface area contributed by atoms with E-state index in [1.807, 2.05) is 16.8 Å². The van der Waals surface area contributed by atoms with Gasteiger partial charge in [0, 0.05) is 10.9 Å². The zero-order chi connectivity index (χ0) is 13.3. The molecule has 2 rings (SSSR count). The number of nitrogens with two attached hydrogens (primary N) is 1. The van der Waals surface area contributed by atoms with Crippen LogP contribution in [0.2, 0.25) is 5.02 Å². The van der Waals surface area contributed by atoms with Crippen molar-refractivity contribution < 1.29 is 0 Å². The number of nitrogens with one attached hydrogen (secondary N) is 1. The summed E-state index contributed by atoms with van der Waals surface area (Å²) < 4.78 is 2.95. The molecule has 0 amide bonds. The van der Waals surface area contributed by atoms with E-state index in [4.69, 9.17) is 17.4 Å². The fourth-order valence-corrected chi connectivity index (χ4v) is 3.54. The summed E-state index contributed by atoms with van der Waals surface area (Å²) in [6, 6.07) is 4.09. The van der Waals surface area contributed by atoms with Crippen LogP contribution in [0.1, 0.15) is 36.5 Å². The van der Waals surface area contributed by atoms with Gasteiger partial charge in [-0.3, -0.25) is 10.5 Å². The number of halogens is 2. The fraction of sp³-hybridized carbons (Fsp3) is 0.364. The standard InChI is InChI=1S/C11H14BrClN4S/c1-6(2)17-11(7(13)5-15-17)10(16-14)8-3-4-9(12)18-8/h3-6,10,16H,14H2,1-2H3. The summed E-state index contributed by atoms with van der Waals surface area (Å²) in [6.45, 7) is 4.12. The molecule has 0 spiro atoms. The molecule has 4 nitrogen and oxygen atoms in total. The minimum Gasteiger partial charge on any atom is -0.270 e. The third kappa shape index (κ3) is 2.62. The van der Waals surface area contributed by atoms with Crippen LogP contribution in [0.3, 0.4) is 0 Å². The van der Waals surface area contributed by atoms with E-state index in [0.29, 0.717) is 5.02 Å². The van der Waals surface area contributed by atoms with Crippen molar-refractivity contribution in [3.63, 3.8) is 0 Å². The molecule has 2 aromatic rings. The van der Waals surface area contributed by atoms with E-state index in [1.165, 1.54) is 0 Å². The van der Waals surface area contributed by atoms with Crippen LogP contribution in [-0.2, 0) is 0 Å². The van der Waals surface area contributed by atoms with E-state index >= 15 is 0 Å². The van der Waals surface area contributed by atoms with Crippen LogP contribution in [0.15, 0.2) is 22.1 Å². The number of hydrogen-bond donors (Lipinski definition) is 2. The van der Waals surface area contributed by atoms with Gasteiger partial charge in [-0.05, 0) is 41.9 Å². The third-order valence-electron chi connectivity index (χ3n) is 2.59. The van der Waals surface area contributed by atoms with Gasteiger partial charge in [0.15, 0.2) is 0 Å². The average molecular weight is 350 g/mol. The molecule has 7 heteroatoms. The third-order valence-corrected chi connectivity index (χ3v) is 4.57. The Hall–Kier alpha value is -0.400. The molecule has 0 aromatic carbocycles. The van der Waals surface area contributed by atoms with Gasteiger partial charge >= 0.3 is 0 Å². The Kier molecular flexibility index (Phi) is 4.45. The Balaban J connectivity index is 2.47. The molecule has 18 heavy (non-hydrogen) atoms. The Morgan fingerprint density at radius 3 is 2.72 bits per heavy atom. The molecule has 0 saturated heterocycles. The highest BCUT2D eigenvalue weighted by atomic mass is 79.9. The molecule has 0 bridgehead atoms. The summed E-state index contributed by atoms with van der Waals surface area (Å²) in [5.41, 5.74) is 3.71. The number of rotatable bonds is 4. The minimum absolute atomic E-state index is 0.154. The zero-order valence-corrected chi connectivity index (χ0v) is 13.2. The van der Waals surface area contributed by atoms with Crippen LogP contribution in [-0.4, -0.2) is 9.78 Å². The Bertz CT molecular complexity index is 537. The lowest BCUT2D eigenvalue weighted by Gasteiger charge is -2.19. The van der Waals surface area contributed by atoms with Crippen molar-refractivity contribution in [1.29, 1.82) is 0 Å². The summed E-state index contributed by atoms with van der Waals surface area (Å²) in [4.78, 5) is 1.09. The van der Waals surface area contributed by atoms with Crippen molar-refractivity contribution in [1.82, 2.24) is 15.2 Å². The largest absolute Gasteiger partial charge is 0.270 e. The van der Waals surface area contributed by atoms with Crippen molar-refractivity contribution in [3.8, 4) is 0 Å². The molecular weight excluding hydrogens is 336 g/mol. The van der Waals surface area contributed by atoms with Crippen LogP contribution in [0.25, 0.3) is 0 Å². The van der Waals surface area contributed by atoms with Gasteiger partial charge in [0.05, 0.1) is 26.7 Å². The Morgan fingerprint density at radius 1 is 1.50 bits per heavy atom. The lowest BCUT2D eigenvalue weighted by atomic mass is 10.1. The van der Waals surface area contributed by atoms with Gasteiger partial charge in [0.25, 0.3) is 0 Å². The maximum Gasteiger partial charge on any atom is 0.0985 e. The van der Waals surface area contributed by atoms with Crippen molar-refractivity contribution in [3.05, 3.63) is 37.7 Å². The molecule has 0 aliphatic rings. The SMILES string of the molecule is CC(C)n1ncc(Cl)c1C(NN)c1ccc(Br)s1. The maximum atomic E-state index is 6.23. The van der Waals surface area contributed by atoms with E-state index in [1.54, 1.807) is 17.5 Å². The van der Waals surface area contributed by atoms with Crippen LogP contribution < -0.4 is 11.3 Å². The summed E-state index contributed by atoms with van der Waals surface area (Å²) in [7, 11) is 0. The number of hydrazine groups is 1. The van der Waals surface area contributed by atoms with Gasteiger partial charge in [-0.15, -0.1) is 11.3 Å². The first-order valence-electron chi connectivity index (χ1n) is 5.48. The first kappa shape index (κ1) is 14.0. The number of aromatic nitrogens is 2. The molecule has 0 aliphatic carbocycles. The predicted molar refractivity (Wildman–Crippen MR) is 78.8 cm³/mol. The molecule has 1 unspecified atom stereocenters. The van der Waals surface area contributed by atoms with E-state index in [0.717, 1.165) is 14.4 Å². The van der Waals surface area contributed by atoms with Crippen molar-refractivity contribution in [2.75, 3.05) is 0 Å². The smallest absolute Gasteiger partial charge is 0.0985 e. The van der Waals surface area contributed by atoms with Crippen molar-refractivity contribution in [2.45, 2.75) is 25.9 Å². The summed E-state index contributed by atoms with van der Waals surface area (Å²) in [6.07, 6.45) is 1.66. The second-order valence-corrected chi connectivity index (χ2v) is 7.06. The monoisotopic (exact) mass is 348 g/mol. The second-order valence-electron chi connectivity index (χ2n) is 4.16. The van der Waals surface area contributed by atoms with Gasteiger partial charge in [-0.1, -0.05) is 11.6 Å². The highest BCUT2D eigenvalue weighted by Crippen LogP contribution is 2.34. The zero-order valence-electron chi connectivity index (χ0n) is 10.0. The normalized spacial score (nSPS) is 13.2. The van der Waals surface area contributed by atoms with Gasteiger partial charge in [0.2, 0.25) is 0 Å². The van der Waals surface area contributed by atoms with E-state index in [-0.39, 0.29) is 12.1 Å². The summed E-state index contributed by atoms with van der Waals surface area (Å²) in [5.74, 6) is 5.68. The predicted octanol–water partition coefficient (Wildman–Crippen LogP) is 3.49. The molecule has 3 N–H and O–H groups in total. The quantitative estimate of drug-likeness (QED) is 0.656. The second kappa shape index (κ2) is 5.71. The number of hydrogen-bond acceptors (Lipinski definition) is 4. The van der Waals surface area contributed by atoms with Crippen molar-refractivity contribution >= 4 is 38.9 Å². The molecule has 2 aromatic heterocycles. The van der Waals surface area contributed by atoms with E-state index < -0.39 is 0 Å². The average Bonchev–Trinajstić information content (AvgIpc) is 2.88. The summed E-state index contributed by atoms with van der Waals surface area (Å²) >= 11 is 11.3. The number of thiophene rings is 1. The van der Waals surface area contributed by atoms with E-state index in [2.05, 4.69) is 40.3 Å². The molecule has 0 radical (unpaired) electrons. The molecule has 0 saturated carbocycles. The fourth-order valence-electron chi connectivity index (χ4n) is 1.81. The first-order valence-corrected chi connectivity index (χ1v) is 7.47. The van der Waals surface area contributed by atoms with Crippen LogP contribution in [0.5, 0.6) is 0 Å². The highest BCUT2D eigenvalue weighted by Gasteiger charge is 2.23. The molecule has 2 heterocycles. The first-order chi connectivity index (χ1) is 8.54. The number of nitrogens with zero attached hydrogens (tertiary/aromatic N) is 2. The molecule has 98 valence electrons. The van der Waals surface area contributed by atoms with Crippen molar-refractivity contribution in [2.24, 2.45) is 5.84 Å². The van der Waals surface area contributed by atoms with Crippen LogP contribution in [0.4, 0.5) is 0 Å². The molecule has 0 aliphatic heterocycles. The van der Waals surface area contributed by atoms with Gasteiger partial charge in [0.1, 0.15) is 0 Å². The van der Waals surface area contributed by atoms with E-state index in [9.17, 15) is 0 Å². The van der Waals surface area contributed by atoms with Gasteiger partial charge < -0.3 is 0 Å². The van der Waals surface area contributed by atoms with Gasteiger partial charge in [-0.2, -0.15) is 5.10 Å². The lowest BCUT2D eigenvalue weighted by Crippen LogP contribution is -2.30.